The molecule has 0 fully saturated rings. The van der Waals surface area contributed by atoms with Gasteiger partial charge in [0.25, 0.3) is 0 Å². The van der Waals surface area contributed by atoms with Crippen molar-refractivity contribution in [2.24, 2.45) is 0 Å². The number of halogens is 1. The average molecular weight is 274 g/mol. The lowest BCUT2D eigenvalue weighted by Crippen LogP contribution is -2.24. The normalized spacial score (nSPS) is 11.2. The molecule has 0 spiro atoms. The van der Waals surface area contributed by atoms with Crippen LogP contribution in [0.25, 0.3) is 0 Å². The van der Waals surface area contributed by atoms with Crippen LogP contribution in [-0.4, -0.2) is 20.7 Å². The predicted molar refractivity (Wildman–Crippen MR) is 66.8 cm³/mol. The van der Waals surface area contributed by atoms with Gasteiger partial charge in [-0.25, -0.2) is 13.1 Å². The maximum absolute atomic E-state index is 11.8. The van der Waals surface area contributed by atoms with Crippen molar-refractivity contribution in [1.29, 1.82) is 0 Å². The van der Waals surface area contributed by atoms with Gasteiger partial charge in [-0.15, -0.1) is 6.58 Å². The van der Waals surface area contributed by atoms with E-state index in [0.29, 0.717) is 5.56 Å². The van der Waals surface area contributed by atoms with Crippen molar-refractivity contribution in [2.75, 3.05) is 6.54 Å². The number of ketones is 1. The lowest BCUT2D eigenvalue weighted by Gasteiger charge is -2.07. The van der Waals surface area contributed by atoms with Crippen molar-refractivity contribution < 1.29 is 13.2 Å². The lowest BCUT2D eigenvalue weighted by molar-refractivity contribution is 0.101. The molecule has 1 rings (SSSR count). The monoisotopic (exact) mass is 273 g/mol. The summed E-state index contributed by atoms with van der Waals surface area (Å²) in [5, 5.41) is 0.0755. The van der Waals surface area contributed by atoms with Gasteiger partial charge in [0.15, 0.2) is 5.78 Å². The molecule has 0 aromatic heterocycles. The van der Waals surface area contributed by atoms with E-state index in [9.17, 15) is 13.2 Å². The second kappa shape index (κ2) is 5.44. The van der Waals surface area contributed by atoms with Gasteiger partial charge in [-0.05, 0) is 25.1 Å². The van der Waals surface area contributed by atoms with Crippen LogP contribution in [0.2, 0.25) is 5.02 Å². The highest BCUT2D eigenvalue weighted by atomic mass is 35.5. The predicted octanol–water partition coefficient (Wildman–Crippen LogP) is 2.01. The fraction of sp³-hybridized carbons (Fsp3) is 0.182. The lowest BCUT2D eigenvalue weighted by atomic mass is 10.1. The average Bonchev–Trinajstić information content (AvgIpc) is 2.26. The highest BCUT2D eigenvalue weighted by Gasteiger charge is 2.18. The topological polar surface area (TPSA) is 63.2 Å². The minimum Gasteiger partial charge on any atom is -0.295 e. The molecule has 0 radical (unpaired) electrons. The van der Waals surface area contributed by atoms with Crippen molar-refractivity contribution in [2.45, 2.75) is 11.8 Å². The highest BCUT2D eigenvalue weighted by molar-refractivity contribution is 7.89. The van der Waals surface area contributed by atoms with Gasteiger partial charge in [-0.2, -0.15) is 0 Å². The molecule has 0 aliphatic carbocycles. The molecule has 17 heavy (non-hydrogen) atoms. The molecule has 0 amide bonds. The van der Waals surface area contributed by atoms with Crippen molar-refractivity contribution >= 4 is 27.4 Å². The molecule has 0 bridgehead atoms. The third kappa shape index (κ3) is 3.39. The van der Waals surface area contributed by atoms with E-state index >= 15 is 0 Å². The van der Waals surface area contributed by atoms with E-state index in [2.05, 4.69) is 11.3 Å². The van der Waals surface area contributed by atoms with Crippen molar-refractivity contribution in [3.05, 3.63) is 41.4 Å². The summed E-state index contributed by atoms with van der Waals surface area (Å²) in [6.07, 6.45) is 1.42. The second-order valence-corrected chi connectivity index (χ2v) is 5.48. The highest BCUT2D eigenvalue weighted by Crippen LogP contribution is 2.22. The first-order chi connectivity index (χ1) is 7.88. The number of hydrogen-bond acceptors (Lipinski definition) is 3. The molecule has 4 nitrogen and oxygen atoms in total. The minimum atomic E-state index is -3.71. The first kappa shape index (κ1) is 13.9. The zero-order chi connectivity index (χ0) is 13.1. The van der Waals surface area contributed by atoms with Gasteiger partial charge in [-0.3, -0.25) is 4.79 Å². The Hall–Kier alpha value is -1.17. The van der Waals surface area contributed by atoms with Gasteiger partial charge in [0.2, 0.25) is 10.0 Å². The number of Topliss-reactive ketones (excluding diaryl/α,β-unsaturated/α-hetero) is 1. The number of carbonyl (C=O) groups is 1. The Bertz CT molecular complexity index is 552. The standard InChI is InChI=1S/C11H12ClNO3S/c1-3-6-13-17(15,16)11-7-9(8(2)14)4-5-10(11)12/h3-5,7,13H,1,6H2,2H3. The van der Waals surface area contributed by atoms with E-state index < -0.39 is 10.0 Å². The molecule has 0 aliphatic heterocycles. The molecule has 0 saturated heterocycles. The minimum absolute atomic E-state index is 0.0755. The van der Waals surface area contributed by atoms with Gasteiger partial charge < -0.3 is 0 Å². The van der Waals surface area contributed by atoms with E-state index in [1.807, 2.05) is 0 Å². The molecule has 6 heteroatoms. The molecule has 92 valence electrons. The van der Waals surface area contributed by atoms with Crippen molar-refractivity contribution in [1.82, 2.24) is 4.72 Å². The van der Waals surface area contributed by atoms with Crippen LogP contribution in [0.5, 0.6) is 0 Å². The Morgan fingerprint density at radius 2 is 2.18 bits per heavy atom. The van der Waals surface area contributed by atoms with E-state index in [1.165, 1.54) is 31.2 Å². The summed E-state index contributed by atoms with van der Waals surface area (Å²) in [6, 6.07) is 4.13. The second-order valence-electron chi connectivity index (χ2n) is 3.34. The van der Waals surface area contributed by atoms with E-state index in [1.54, 1.807) is 0 Å². The van der Waals surface area contributed by atoms with E-state index in [4.69, 9.17) is 11.6 Å². The summed E-state index contributed by atoms with van der Waals surface area (Å²) in [4.78, 5) is 11.1. The smallest absolute Gasteiger partial charge is 0.242 e. The number of carbonyl (C=O) groups excluding carboxylic acids is 1. The largest absolute Gasteiger partial charge is 0.295 e. The zero-order valence-electron chi connectivity index (χ0n) is 9.23. The molecule has 0 atom stereocenters. The Kier molecular flexibility index (Phi) is 4.45. The summed E-state index contributed by atoms with van der Waals surface area (Å²) >= 11 is 5.81. The fourth-order valence-electron chi connectivity index (χ4n) is 1.17. The van der Waals surface area contributed by atoms with Crippen molar-refractivity contribution in [3.8, 4) is 0 Å². The first-order valence-electron chi connectivity index (χ1n) is 4.79. The molecule has 0 aliphatic rings. The summed E-state index contributed by atoms with van der Waals surface area (Å²) < 4.78 is 26.0. The third-order valence-electron chi connectivity index (χ3n) is 2.04. The molecule has 1 N–H and O–H groups in total. The van der Waals surface area contributed by atoms with Crippen LogP contribution in [0.3, 0.4) is 0 Å². The number of hydrogen-bond donors (Lipinski definition) is 1. The fourth-order valence-corrected chi connectivity index (χ4v) is 2.70. The van der Waals surface area contributed by atoms with Crippen LogP contribution in [0.4, 0.5) is 0 Å². The van der Waals surface area contributed by atoms with E-state index in [-0.39, 0.29) is 22.2 Å². The van der Waals surface area contributed by atoms with Crippen molar-refractivity contribution in [3.63, 3.8) is 0 Å². The Balaban J connectivity index is 3.25. The zero-order valence-corrected chi connectivity index (χ0v) is 10.8. The summed E-state index contributed by atoms with van der Waals surface area (Å²) in [7, 11) is -3.71. The number of benzene rings is 1. The maximum Gasteiger partial charge on any atom is 0.242 e. The summed E-state index contributed by atoms with van der Waals surface area (Å²) in [5.41, 5.74) is 0.299. The molecule has 1 aromatic rings. The van der Waals surface area contributed by atoms with Crippen LogP contribution in [0, 0.1) is 0 Å². The van der Waals surface area contributed by atoms with Gasteiger partial charge in [0.1, 0.15) is 4.90 Å². The summed E-state index contributed by atoms with van der Waals surface area (Å²) in [6.45, 7) is 4.87. The van der Waals surface area contributed by atoms with Gasteiger partial charge in [0, 0.05) is 12.1 Å². The molecule has 0 unspecified atom stereocenters. The van der Waals surface area contributed by atoms with Crippen LogP contribution >= 0.6 is 11.6 Å². The Morgan fingerprint density at radius 1 is 1.53 bits per heavy atom. The Morgan fingerprint density at radius 3 is 2.71 bits per heavy atom. The molecule has 1 aromatic carbocycles. The van der Waals surface area contributed by atoms with Gasteiger partial charge >= 0.3 is 0 Å². The third-order valence-corrected chi connectivity index (χ3v) is 3.95. The quantitative estimate of drug-likeness (QED) is 0.659. The number of rotatable bonds is 5. The maximum atomic E-state index is 11.8. The van der Waals surface area contributed by atoms with Gasteiger partial charge in [-0.1, -0.05) is 17.7 Å². The summed E-state index contributed by atoms with van der Waals surface area (Å²) in [5.74, 6) is -0.221. The molecule has 0 heterocycles. The van der Waals surface area contributed by atoms with Crippen LogP contribution in [-0.2, 0) is 10.0 Å². The number of sulfonamides is 1. The molecule has 0 saturated carbocycles. The van der Waals surface area contributed by atoms with Gasteiger partial charge in [0.05, 0.1) is 5.02 Å². The Labute approximate surface area is 105 Å². The number of nitrogens with one attached hydrogen (secondary N) is 1. The molecular formula is C11H12ClNO3S. The SMILES string of the molecule is C=CCNS(=O)(=O)c1cc(C(C)=O)ccc1Cl. The first-order valence-corrected chi connectivity index (χ1v) is 6.65. The van der Waals surface area contributed by atoms with Crippen LogP contribution in [0.1, 0.15) is 17.3 Å². The van der Waals surface area contributed by atoms with Crippen LogP contribution < -0.4 is 4.72 Å². The molecular weight excluding hydrogens is 262 g/mol. The van der Waals surface area contributed by atoms with E-state index in [0.717, 1.165) is 0 Å². The van der Waals surface area contributed by atoms with Crippen LogP contribution in [0.15, 0.2) is 35.7 Å².